The Morgan fingerprint density at radius 1 is 0.260 bits per heavy atom. The van der Waals surface area contributed by atoms with Gasteiger partial charge in [-0.2, -0.15) is 0 Å². The molecule has 0 aliphatic carbocycles. The van der Waals surface area contributed by atoms with E-state index in [1.165, 1.54) is 270 Å². The maximum atomic E-state index is 12.9. The van der Waals surface area contributed by atoms with E-state index in [0.717, 1.165) is 70.6 Å². The summed E-state index contributed by atoms with van der Waals surface area (Å²) in [5, 5.41) is 0. The fourth-order valence-corrected chi connectivity index (χ4v) is 10.4. The van der Waals surface area contributed by atoms with Crippen LogP contribution < -0.4 is 0 Å². The van der Waals surface area contributed by atoms with E-state index in [9.17, 15) is 14.4 Å². The van der Waals surface area contributed by atoms with Crippen LogP contribution in [0.2, 0.25) is 0 Å². The van der Waals surface area contributed by atoms with Crippen molar-refractivity contribution >= 4 is 17.9 Å². The van der Waals surface area contributed by atoms with E-state index in [1.54, 1.807) is 0 Å². The summed E-state index contributed by atoms with van der Waals surface area (Å²) in [6.07, 6.45) is 81.6. The van der Waals surface area contributed by atoms with Crippen molar-refractivity contribution in [3.05, 3.63) is 36.5 Å². The predicted molar refractivity (Wildman–Crippen MR) is 335 cm³/mol. The fourth-order valence-electron chi connectivity index (χ4n) is 10.4. The van der Waals surface area contributed by atoms with E-state index in [1.807, 2.05) is 0 Å². The second-order valence-corrected chi connectivity index (χ2v) is 23.4. The average Bonchev–Trinajstić information content (AvgIpc) is 3.43. The molecule has 0 rings (SSSR count). The Morgan fingerprint density at radius 3 is 0.727 bits per heavy atom. The van der Waals surface area contributed by atoms with Gasteiger partial charge in [-0.05, 0) is 77.0 Å². The number of rotatable bonds is 64. The van der Waals surface area contributed by atoms with Gasteiger partial charge in [-0.15, -0.1) is 0 Å². The van der Waals surface area contributed by atoms with Crippen LogP contribution in [0.3, 0.4) is 0 Å². The van der Waals surface area contributed by atoms with Gasteiger partial charge in [0.15, 0.2) is 6.10 Å². The third-order valence-electron chi connectivity index (χ3n) is 15.6. The molecule has 1 unspecified atom stereocenters. The SMILES string of the molecule is CCCCCCC/C=C\C/C=C\CCCCCCCCCCCCCCCCCC(=O)OCC(COC(=O)CCCCCCCCCCCCCCCCCC)OC(=O)CCCCCCC/C=C\CCCCCCCCC. The first-order chi connectivity index (χ1) is 38.0. The number of carbonyl (C=O) groups excluding carboxylic acids is 3. The minimum absolute atomic E-state index is 0.0700. The van der Waals surface area contributed by atoms with Crippen LogP contribution in [0, 0.1) is 0 Å². The lowest BCUT2D eigenvalue weighted by atomic mass is 10.0. The zero-order valence-electron chi connectivity index (χ0n) is 52.0. The summed E-state index contributed by atoms with van der Waals surface area (Å²) in [6, 6.07) is 0. The monoisotopic (exact) mass is 1080 g/mol. The number of allylic oxidation sites excluding steroid dienone is 6. The molecule has 0 bridgehead atoms. The molecular weight excluding hydrogens is 949 g/mol. The van der Waals surface area contributed by atoms with Crippen LogP contribution in [-0.4, -0.2) is 37.2 Å². The number of ether oxygens (including phenoxy) is 3. The predicted octanol–water partition coefficient (Wildman–Crippen LogP) is 23.6. The molecule has 0 saturated carbocycles. The molecule has 452 valence electrons. The van der Waals surface area contributed by atoms with Gasteiger partial charge in [0.1, 0.15) is 13.2 Å². The molecule has 0 N–H and O–H groups in total. The molecule has 0 aromatic heterocycles. The number of unbranched alkanes of at least 4 members (excludes halogenated alkanes) is 47. The van der Waals surface area contributed by atoms with Crippen molar-refractivity contribution in [2.75, 3.05) is 13.2 Å². The molecule has 0 aliphatic rings. The van der Waals surface area contributed by atoms with E-state index in [0.29, 0.717) is 19.3 Å². The van der Waals surface area contributed by atoms with Gasteiger partial charge in [0.2, 0.25) is 0 Å². The maximum Gasteiger partial charge on any atom is 0.306 e. The van der Waals surface area contributed by atoms with Gasteiger partial charge in [0.05, 0.1) is 0 Å². The third kappa shape index (κ3) is 64.3. The van der Waals surface area contributed by atoms with E-state index < -0.39 is 6.10 Å². The molecule has 0 aliphatic heterocycles. The van der Waals surface area contributed by atoms with E-state index in [2.05, 4.69) is 57.2 Å². The largest absolute Gasteiger partial charge is 0.462 e. The lowest BCUT2D eigenvalue weighted by Gasteiger charge is -2.18. The molecule has 0 radical (unpaired) electrons. The highest BCUT2D eigenvalue weighted by Crippen LogP contribution is 2.18. The Balaban J connectivity index is 4.24. The highest BCUT2D eigenvalue weighted by atomic mass is 16.6. The van der Waals surface area contributed by atoms with Crippen molar-refractivity contribution in [3.63, 3.8) is 0 Å². The van der Waals surface area contributed by atoms with Crippen molar-refractivity contribution < 1.29 is 28.6 Å². The third-order valence-corrected chi connectivity index (χ3v) is 15.6. The van der Waals surface area contributed by atoms with Crippen molar-refractivity contribution in [2.24, 2.45) is 0 Å². The first-order valence-corrected chi connectivity index (χ1v) is 34.5. The van der Waals surface area contributed by atoms with E-state index in [-0.39, 0.29) is 31.1 Å². The van der Waals surface area contributed by atoms with Gasteiger partial charge >= 0.3 is 17.9 Å². The highest BCUT2D eigenvalue weighted by molar-refractivity contribution is 5.71. The molecule has 0 aromatic carbocycles. The summed E-state index contributed by atoms with van der Waals surface area (Å²) in [7, 11) is 0. The van der Waals surface area contributed by atoms with Crippen LogP contribution in [0.4, 0.5) is 0 Å². The van der Waals surface area contributed by atoms with Crippen molar-refractivity contribution in [1.29, 1.82) is 0 Å². The minimum Gasteiger partial charge on any atom is -0.462 e. The molecule has 0 saturated heterocycles. The summed E-state index contributed by atoms with van der Waals surface area (Å²) in [4.78, 5) is 38.4. The lowest BCUT2D eigenvalue weighted by Crippen LogP contribution is -2.30. The smallest absolute Gasteiger partial charge is 0.306 e. The summed E-state index contributed by atoms with van der Waals surface area (Å²) < 4.78 is 17.0. The summed E-state index contributed by atoms with van der Waals surface area (Å²) in [5.74, 6) is -0.850. The summed E-state index contributed by atoms with van der Waals surface area (Å²) >= 11 is 0. The molecule has 77 heavy (non-hydrogen) atoms. The van der Waals surface area contributed by atoms with Crippen molar-refractivity contribution in [1.82, 2.24) is 0 Å². The van der Waals surface area contributed by atoms with Crippen LogP contribution in [0.25, 0.3) is 0 Å². The number of carbonyl (C=O) groups is 3. The zero-order valence-corrected chi connectivity index (χ0v) is 52.0. The number of hydrogen-bond acceptors (Lipinski definition) is 6. The van der Waals surface area contributed by atoms with Crippen LogP contribution in [-0.2, 0) is 28.6 Å². The second kappa shape index (κ2) is 66.1. The normalized spacial score (nSPS) is 12.2. The molecular formula is C71H132O6. The molecule has 0 fully saturated rings. The molecule has 0 heterocycles. The topological polar surface area (TPSA) is 78.9 Å². The Morgan fingerprint density at radius 2 is 0.468 bits per heavy atom. The van der Waals surface area contributed by atoms with Crippen molar-refractivity contribution in [3.8, 4) is 0 Å². The average molecular weight is 1080 g/mol. The molecule has 1 atom stereocenters. The first kappa shape index (κ1) is 74.6. The summed E-state index contributed by atoms with van der Waals surface area (Å²) in [6.45, 7) is 6.69. The van der Waals surface area contributed by atoms with E-state index in [4.69, 9.17) is 14.2 Å². The number of hydrogen-bond donors (Lipinski definition) is 0. The zero-order chi connectivity index (χ0) is 55.7. The lowest BCUT2D eigenvalue weighted by molar-refractivity contribution is -0.167. The van der Waals surface area contributed by atoms with Gasteiger partial charge in [-0.25, -0.2) is 0 Å². The Labute approximate surface area is 480 Å². The fraction of sp³-hybridized carbons (Fsp3) is 0.873. The van der Waals surface area contributed by atoms with Gasteiger partial charge in [-0.1, -0.05) is 320 Å². The minimum atomic E-state index is -0.774. The molecule has 0 aromatic rings. The Bertz CT molecular complexity index is 1290. The second-order valence-electron chi connectivity index (χ2n) is 23.4. The number of esters is 3. The van der Waals surface area contributed by atoms with Crippen molar-refractivity contribution in [2.45, 2.75) is 386 Å². The quantitative estimate of drug-likeness (QED) is 0.0261. The highest BCUT2D eigenvalue weighted by Gasteiger charge is 2.19. The summed E-state index contributed by atoms with van der Waals surface area (Å²) in [5.41, 5.74) is 0. The van der Waals surface area contributed by atoms with Crippen LogP contribution >= 0.6 is 0 Å². The van der Waals surface area contributed by atoms with Crippen LogP contribution in [0.5, 0.6) is 0 Å². The molecule has 0 amide bonds. The van der Waals surface area contributed by atoms with E-state index >= 15 is 0 Å². The van der Waals surface area contributed by atoms with Crippen LogP contribution in [0.1, 0.15) is 380 Å². The van der Waals surface area contributed by atoms with Gasteiger partial charge in [-0.3, -0.25) is 14.4 Å². The van der Waals surface area contributed by atoms with Crippen LogP contribution in [0.15, 0.2) is 36.5 Å². The molecule has 6 nitrogen and oxygen atoms in total. The van der Waals surface area contributed by atoms with Gasteiger partial charge < -0.3 is 14.2 Å². The molecule has 6 heteroatoms. The molecule has 0 spiro atoms. The van der Waals surface area contributed by atoms with Gasteiger partial charge in [0, 0.05) is 19.3 Å². The first-order valence-electron chi connectivity index (χ1n) is 34.5. The Hall–Kier alpha value is -2.37. The van der Waals surface area contributed by atoms with Gasteiger partial charge in [0.25, 0.3) is 0 Å². The Kier molecular flexibility index (Phi) is 64.1. The standard InChI is InChI=1S/C71H132O6/c1-4-7-10-13-16-19-22-25-28-31-32-33-34-35-36-37-38-39-40-41-44-46-49-52-55-58-61-64-70(73)76-67-68(77-71(74)65-62-59-56-53-50-47-43-30-27-24-21-18-15-12-9-6-3)66-75-69(72)63-60-57-54-51-48-45-42-29-26-23-20-17-14-11-8-5-2/h22,25,30-32,43,68H,4-21,23-24,26-29,33-42,44-67H2,1-3H3/b25-22-,32-31-,43-30-. The maximum absolute atomic E-state index is 12.9.